The van der Waals surface area contributed by atoms with E-state index in [1.165, 1.54) is 4.88 Å². The van der Waals surface area contributed by atoms with Crippen molar-refractivity contribution in [3.8, 4) is 0 Å². The molecule has 126 valence electrons. The lowest BCUT2D eigenvalue weighted by molar-refractivity contribution is 0.318. The van der Waals surface area contributed by atoms with Gasteiger partial charge in [-0.3, -0.25) is 0 Å². The maximum atomic E-state index is 5.27. The first-order chi connectivity index (χ1) is 10.9. The summed E-state index contributed by atoms with van der Waals surface area (Å²) in [6, 6.07) is 0. The largest absolute Gasteiger partial charge is 0.357 e. The summed E-state index contributed by atoms with van der Waals surface area (Å²) < 4.78 is 5.27. The van der Waals surface area contributed by atoms with Crippen molar-refractivity contribution in [3.05, 3.63) is 27.8 Å². The Hall–Kier alpha value is -1.96. The highest BCUT2D eigenvalue weighted by Gasteiger charge is 2.21. The van der Waals surface area contributed by atoms with Crippen molar-refractivity contribution in [2.45, 2.75) is 53.1 Å². The molecule has 0 aliphatic heterocycles. The van der Waals surface area contributed by atoms with Crippen molar-refractivity contribution in [2.75, 3.05) is 6.54 Å². The maximum Gasteiger partial charge on any atom is 0.232 e. The number of nitrogens with one attached hydrogen (secondary N) is 2. The van der Waals surface area contributed by atoms with Crippen LogP contribution >= 0.6 is 11.3 Å². The van der Waals surface area contributed by atoms with Gasteiger partial charge in [0.05, 0.1) is 6.54 Å². The molecular formula is C15H24N6OS. The summed E-state index contributed by atoms with van der Waals surface area (Å²) in [4.78, 5) is 14.4. The number of rotatable bonds is 5. The fourth-order valence-corrected chi connectivity index (χ4v) is 2.48. The molecule has 2 aromatic rings. The molecule has 0 atom stereocenters. The minimum Gasteiger partial charge on any atom is -0.357 e. The van der Waals surface area contributed by atoms with Crippen LogP contribution in [0, 0.1) is 6.92 Å². The zero-order chi connectivity index (χ0) is 16.9. The van der Waals surface area contributed by atoms with Crippen molar-refractivity contribution in [3.63, 3.8) is 0 Å². The molecule has 0 aliphatic carbocycles. The number of aryl methyl sites for hydroxylation is 1. The second-order valence-corrected chi connectivity index (χ2v) is 7.50. The first kappa shape index (κ1) is 17.4. The highest BCUT2D eigenvalue weighted by Crippen LogP contribution is 2.19. The predicted molar refractivity (Wildman–Crippen MR) is 91.5 cm³/mol. The van der Waals surface area contributed by atoms with E-state index in [1.807, 2.05) is 40.8 Å². The Morgan fingerprint density at radius 1 is 1.35 bits per heavy atom. The highest BCUT2D eigenvalue weighted by molar-refractivity contribution is 7.11. The van der Waals surface area contributed by atoms with Crippen LogP contribution < -0.4 is 10.6 Å². The third kappa shape index (κ3) is 5.31. The van der Waals surface area contributed by atoms with Crippen LogP contribution in [0.1, 0.15) is 49.3 Å². The fraction of sp³-hybridized carbons (Fsp3) is 0.600. The number of aromatic nitrogens is 3. The zero-order valence-corrected chi connectivity index (χ0v) is 15.1. The van der Waals surface area contributed by atoms with Crippen molar-refractivity contribution in [1.29, 1.82) is 0 Å². The van der Waals surface area contributed by atoms with Gasteiger partial charge in [-0.15, -0.1) is 11.3 Å². The Balaban J connectivity index is 1.96. The van der Waals surface area contributed by atoms with E-state index in [2.05, 4.69) is 30.8 Å². The Morgan fingerprint density at radius 2 is 2.13 bits per heavy atom. The average molecular weight is 336 g/mol. The molecule has 23 heavy (non-hydrogen) atoms. The standard InChI is InChI=1S/C15H24N6OS/c1-6-16-14(19-9-12-17-7-10(2)23-12)18-8-11-20-13(22-21-11)15(3,4)5/h7H,6,8-9H2,1-5H3,(H2,16,18,19). The van der Waals surface area contributed by atoms with E-state index in [0.29, 0.717) is 30.8 Å². The Labute approximate surface area is 140 Å². The lowest BCUT2D eigenvalue weighted by Gasteiger charge is -2.10. The second kappa shape index (κ2) is 7.54. The topological polar surface area (TPSA) is 88.2 Å². The molecule has 2 rings (SSSR count). The van der Waals surface area contributed by atoms with Crippen LogP contribution in [0.25, 0.3) is 0 Å². The van der Waals surface area contributed by atoms with E-state index in [4.69, 9.17) is 4.52 Å². The number of nitrogens with zero attached hydrogens (tertiary/aromatic N) is 4. The maximum absolute atomic E-state index is 5.27. The van der Waals surface area contributed by atoms with Gasteiger partial charge in [-0.25, -0.2) is 9.98 Å². The predicted octanol–water partition coefficient (Wildman–Crippen LogP) is 2.39. The van der Waals surface area contributed by atoms with Crippen LogP contribution in [-0.4, -0.2) is 27.6 Å². The van der Waals surface area contributed by atoms with Gasteiger partial charge in [-0.05, 0) is 13.8 Å². The molecule has 8 heteroatoms. The van der Waals surface area contributed by atoms with Gasteiger partial charge >= 0.3 is 0 Å². The minimum absolute atomic E-state index is 0.152. The number of guanidine groups is 1. The van der Waals surface area contributed by atoms with Crippen molar-refractivity contribution in [1.82, 2.24) is 25.8 Å². The summed E-state index contributed by atoms with van der Waals surface area (Å²) in [5.74, 6) is 1.92. The fourth-order valence-electron chi connectivity index (χ4n) is 1.76. The van der Waals surface area contributed by atoms with E-state index in [9.17, 15) is 0 Å². The molecule has 2 N–H and O–H groups in total. The van der Waals surface area contributed by atoms with Crippen LogP contribution in [0.2, 0.25) is 0 Å². The molecule has 0 fully saturated rings. The average Bonchev–Trinajstić information content (AvgIpc) is 3.10. The molecule has 0 radical (unpaired) electrons. The summed E-state index contributed by atoms with van der Waals surface area (Å²) in [5, 5.41) is 11.5. The van der Waals surface area contributed by atoms with Gasteiger partial charge in [-0.1, -0.05) is 25.9 Å². The quantitative estimate of drug-likeness (QED) is 0.644. The Bertz CT molecular complexity index is 655. The van der Waals surface area contributed by atoms with Gasteiger partial charge in [0, 0.05) is 23.0 Å². The molecule has 2 heterocycles. The SMILES string of the molecule is CCNC(=NCc1noc(C(C)(C)C)n1)NCc1ncc(C)s1. The Morgan fingerprint density at radius 3 is 2.70 bits per heavy atom. The molecule has 0 aromatic carbocycles. The number of aliphatic imine (C=N–C) groups is 1. The van der Waals surface area contributed by atoms with E-state index in [-0.39, 0.29) is 5.41 Å². The molecule has 0 aliphatic rings. The molecule has 2 aromatic heterocycles. The van der Waals surface area contributed by atoms with Gasteiger partial charge in [0.15, 0.2) is 11.8 Å². The smallest absolute Gasteiger partial charge is 0.232 e. The van der Waals surface area contributed by atoms with Gasteiger partial charge < -0.3 is 15.2 Å². The number of hydrogen-bond acceptors (Lipinski definition) is 6. The third-order valence-electron chi connectivity index (χ3n) is 2.91. The third-order valence-corrected chi connectivity index (χ3v) is 3.82. The number of thiazole rings is 1. The summed E-state index contributed by atoms with van der Waals surface area (Å²) in [6.45, 7) is 12.0. The van der Waals surface area contributed by atoms with Crippen LogP contribution in [0.15, 0.2) is 15.7 Å². The normalized spacial score (nSPS) is 12.5. The summed E-state index contributed by atoms with van der Waals surface area (Å²) in [7, 11) is 0. The Kier molecular flexibility index (Phi) is 5.70. The summed E-state index contributed by atoms with van der Waals surface area (Å²) >= 11 is 1.67. The molecule has 0 spiro atoms. The molecule has 0 amide bonds. The van der Waals surface area contributed by atoms with Gasteiger partial charge in [0.25, 0.3) is 0 Å². The van der Waals surface area contributed by atoms with Crippen molar-refractivity contribution >= 4 is 17.3 Å². The minimum atomic E-state index is -0.152. The second-order valence-electron chi connectivity index (χ2n) is 6.18. The molecule has 0 saturated heterocycles. The molecule has 0 saturated carbocycles. The van der Waals surface area contributed by atoms with Crippen LogP contribution in [-0.2, 0) is 18.5 Å². The lowest BCUT2D eigenvalue weighted by atomic mass is 9.97. The van der Waals surface area contributed by atoms with Crippen molar-refractivity contribution < 1.29 is 4.52 Å². The zero-order valence-electron chi connectivity index (χ0n) is 14.3. The first-order valence-corrected chi connectivity index (χ1v) is 8.46. The first-order valence-electron chi connectivity index (χ1n) is 7.65. The monoisotopic (exact) mass is 336 g/mol. The molecule has 0 bridgehead atoms. The van der Waals surface area contributed by atoms with E-state index < -0.39 is 0 Å². The van der Waals surface area contributed by atoms with E-state index in [1.54, 1.807) is 11.3 Å². The van der Waals surface area contributed by atoms with Gasteiger partial charge in [0.2, 0.25) is 5.89 Å². The van der Waals surface area contributed by atoms with Crippen molar-refractivity contribution in [2.24, 2.45) is 4.99 Å². The van der Waals surface area contributed by atoms with Crippen LogP contribution in [0.5, 0.6) is 0 Å². The molecule has 0 unspecified atom stereocenters. The highest BCUT2D eigenvalue weighted by atomic mass is 32.1. The van der Waals surface area contributed by atoms with Crippen LogP contribution in [0.3, 0.4) is 0 Å². The van der Waals surface area contributed by atoms with Crippen LogP contribution in [0.4, 0.5) is 0 Å². The van der Waals surface area contributed by atoms with Gasteiger partial charge in [-0.2, -0.15) is 4.98 Å². The van der Waals surface area contributed by atoms with E-state index in [0.717, 1.165) is 11.6 Å². The summed E-state index contributed by atoms with van der Waals surface area (Å²) in [5.41, 5.74) is -0.152. The lowest BCUT2D eigenvalue weighted by Crippen LogP contribution is -2.36. The molecular weight excluding hydrogens is 312 g/mol. The van der Waals surface area contributed by atoms with E-state index >= 15 is 0 Å². The molecule has 7 nitrogen and oxygen atoms in total. The van der Waals surface area contributed by atoms with Gasteiger partial charge in [0.1, 0.15) is 11.6 Å². The summed E-state index contributed by atoms with van der Waals surface area (Å²) in [6.07, 6.45) is 1.87. The number of hydrogen-bond donors (Lipinski definition) is 2.